The smallest absolute Gasteiger partial charge is 0.122 e. The molecule has 0 radical (unpaired) electrons. The van der Waals surface area contributed by atoms with E-state index in [1.165, 1.54) is 24.0 Å². The minimum absolute atomic E-state index is 1.02. The minimum Gasteiger partial charge on any atom is -0.496 e. The molecule has 0 atom stereocenters. The topological polar surface area (TPSA) is 9.23 Å². The van der Waals surface area contributed by atoms with Crippen molar-refractivity contribution in [1.82, 2.24) is 0 Å². The van der Waals surface area contributed by atoms with E-state index in [4.69, 9.17) is 4.74 Å². The number of methoxy groups -OCH3 is 1. The van der Waals surface area contributed by atoms with Gasteiger partial charge in [0.25, 0.3) is 0 Å². The van der Waals surface area contributed by atoms with Gasteiger partial charge >= 0.3 is 0 Å². The molecular formula is C12H17BrO. The number of halogens is 1. The second-order valence-corrected chi connectivity index (χ2v) is 4.25. The summed E-state index contributed by atoms with van der Waals surface area (Å²) in [4.78, 5) is 0. The Morgan fingerprint density at radius 1 is 1.29 bits per heavy atom. The fourth-order valence-electron chi connectivity index (χ4n) is 1.51. The summed E-state index contributed by atoms with van der Waals surface area (Å²) in [5.41, 5.74) is 2.63. The summed E-state index contributed by atoms with van der Waals surface area (Å²) >= 11 is 3.44. The number of benzene rings is 1. The van der Waals surface area contributed by atoms with Crippen LogP contribution in [0, 0.1) is 6.92 Å². The highest BCUT2D eigenvalue weighted by atomic mass is 79.9. The van der Waals surface area contributed by atoms with E-state index in [1.807, 2.05) is 0 Å². The maximum atomic E-state index is 5.32. The second-order valence-electron chi connectivity index (χ2n) is 3.46. The molecule has 1 nitrogen and oxygen atoms in total. The molecule has 0 fully saturated rings. The molecule has 0 bridgehead atoms. The SMILES string of the molecule is COc1ccc(C)cc1CCCCBr. The first-order chi connectivity index (χ1) is 6.77. The summed E-state index contributed by atoms with van der Waals surface area (Å²) < 4.78 is 5.32. The molecule has 1 aromatic carbocycles. The Morgan fingerprint density at radius 3 is 2.71 bits per heavy atom. The molecule has 0 aliphatic carbocycles. The molecule has 0 spiro atoms. The van der Waals surface area contributed by atoms with E-state index in [2.05, 4.69) is 41.1 Å². The van der Waals surface area contributed by atoms with Gasteiger partial charge in [-0.3, -0.25) is 0 Å². The molecule has 2 heteroatoms. The third kappa shape index (κ3) is 3.33. The Hall–Kier alpha value is -0.500. The fraction of sp³-hybridized carbons (Fsp3) is 0.500. The van der Waals surface area contributed by atoms with Crippen molar-refractivity contribution < 1.29 is 4.74 Å². The van der Waals surface area contributed by atoms with Gasteiger partial charge in [0.15, 0.2) is 0 Å². The Bertz CT molecular complexity index is 284. The summed E-state index contributed by atoms with van der Waals surface area (Å²) in [6.07, 6.45) is 3.54. The van der Waals surface area contributed by atoms with Crippen LogP contribution in [0.15, 0.2) is 18.2 Å². The van der Waals surface area contributed by atoms with E-state index in [0.29, 0.717) is 0 Å². The maximum Gasteiger partial charge on any atom is 0.122 e. The van der Waals surface area contributed by atoms with E-state index in [9.17, 15) is 0 Å². The normalized spacial score (nSPS) is 10.2. The van der Waals surface area contributed by atoms with Crippen LogP contribution in [0.25, 0.3) is 0 Å². The zero-order chi connectivity index (χ0) is 10.4. The van der Waals surface area contributed by atoms with Crippen LogP contribution in [0.2, 0.25) is 0 Å². The van der Waals surface area contributed by atoms with Crippen LogP contribution in [0.1, 0.15) is 24.0 Å². The molecule has 0 N–H and O–H groups in total. The summed E-state index contributed by atoms with van der Waals surface area (Å²) in [7, 11) is 1.73. The van der Waals surface area contributed by atoms with E-state index >= 15 is 0 Å². The molecule has 0 aliphatic heterocycles. The lowest BCUT2D eigenvalue weighted by molar-refractivity contribution is 0.409. The number of hydrogen-bond donors (Lipinski definition) is 0. The molecule has 78 valence electrons. The van der Waals surface area contributed by atoms with E-state index in [1.54, 1.807) is 7.11 Å². The average Bonchev–Trinajstić information content (AvgIpc) is 2.19. The molecule has 0 heterocycles. The van der Waals surface area contributed by atoms with Crippen LogP contribution in [0.5, 0.6) is 5.75 Å². The minimum atomic E-state index is 1.02. The lowest BCUT2D eigenvalue weighted by Gasteiger charge is -2.08. The summed E-state index contributed by atoms with van der Waals surface area (Å²) in [6, 6.07) is 6.36. The average molecular weight is 257 g/mol. The maximum absolute atomic E-state index is 5.32. The highest BCUT2D eigenvalue weighted by molar-refractivity contribution is 9.09. The van der Waals surface area contributed by atoms with Gasteiger partial charge in [0.1, 0.15) is 5.75 Å². The Labute approximate surface area is 94.6 Å². The summed E-state index contributed by atoms with van der Waals surface area (Å²) in [6.45, 7) is 2.12. The van der Waals surface area contributed by atoms with E-state index in [-0.39, 0.29) is 0 Å². The number of rotatable bonds is 5. The fourth-order valence-corrected chi connectivity index (χ4v) is 1.91. The molecular weight excluding hydrogens is 240 g/mol. The quantitative estimate of drug-likeness (QED) is 0.577. The van der Waals surface area contributed by atoms with Crippen LogP contribution >= 0.6 is 15.9 Å². The number of alkyl halides is 1. The van der Waals surface area contributed by atoms with E-state index < -0.39 is 0 Å². The lowest BCUT2D eigenvalue weighted by atomic mass is 10.0. The first-order valence-corrected chi connectivity index (χ1v) is 6.09. The van der Waals surface area contributed by atoms with Gasteiger partial charge in [0.05, 0.1) is 7.11 Å². The number of aryl methyl sites for hydroxylation is 2. The van der Waals surface area contributed by atoms with Crippen LogP contribution in [0.4, 0.5) is 0 Å². The van der Waals surface area contributed by atoms with Crippen molar-refractivity contribution in [2.75, 3.05) is 12.4 Å². The monoisotopic (exact) mass is 256 g/mol. The third-order valence-corrected chi connectivity index (χ3v) is 2.83. The molecule has 0 aromatic heterocycles. The van der Waals surface area contributed by atoms with E-state index in [0.717, 1.165) is 17.5 Å². The largest absolute Gasteiger partial charge is 0.496 e. The summed E-state index contributed by atoms with van der Waals surface area (Å²) in [5, 5.41) is 1.08. The predicted molar refractivity (Wildman–Crippen MR) is 64.5 cm³/mol. The zero-order valence-corrected chi connectivity index (χ0v) is 10.4. The van der Waals surface area contributed by atoms with Crippen LogP contribution in [0.3, 0.4) is 0 Å². The van der Waals surface area contributed by atoms with Crippen molar-refractivity contribution >= 4 is 15.9 Å². The van der Waals surface area contributed by atoms with Crippen molar-refractivity contribution in [1.29, 1.82) is 0 Å². The van der Waals surface area contributed by atoms with Crippen molar-refractivity contribution in [3.05, 3.63) is 29.3 Å². The van der Waals surface area contributed by atoms with Gasteiger partial charge in [-0.2, -0.15) is 0 Å². The zero-order valence-electron chi connectivity index (χ0n) is 8.85. The highest BCUT2D eigenvalue weighted by Gasteiger charge is 2.02. The van der Waals surface area contributed by atoms with Gasteiger partial charge in [-0.1, -0.05) is 33.6 Å². The molecule has 1 aromatic rings. The first kappa shape index (κ1) is 11.6. The Kier molecular flexibility index (Phi) is 5.02. The molecule has 0 amide bonds. The number of unbranched alkanes of at least 4 members (excludes halogenated alkanes) is 1. The van der Waals surface area contributed by atoms with Crippen molar-refractivity contribution in [3.63, 3.8) is 0 Å². The van der Waals surface area contributed by atoms with Crippen LogP contribution < -0.4 is 4.74 Å². The molecule has 0 saturated heterocycles. The highest BCUT2D eigenvalue weighted by Crippen LogP contribution is 2.21. The first-order valence-electron chi connectivity index (χ1n) is 4.97. The van der Waals surface area contributed by atoms with Gasteiger partial charge in [-0.25, -0.2) is 0 Å². The Balaban J connectivity index is 2.67. The predicted octanol–water partition coefficient (Wildman–Crippen LogP) is 3.72. The second kappa shape index (κ2) is 6.07. The molecule has 0 unspecified atom stereocenters. The molecule has 0 aliphatic rings. The van der Waals surface area contributed by atoms with Gasteiger partial charge in [-0.15, -0.1) is 0 Å². The molecule has 1 rings (SSSR count). The number of hydrogen-bond acceptors (Lipinski definition) is 1. The molecule has 0 saturated carbocycles. The van der Waals surface area contributed by atoms with Crippen molar-refractivity contribution in [3.8, 4) is 5.75 Å². The van der Waals surface area contributed by atoms with Gasteiger partial charge in [0, 0.05) is 5.33 Å². The van der Waals surface area contributed by atoms with Crippen molar-refractivity contribution in [2.24, 2.45) is 0 Å². The summed E-state index contributed by atoms with van der Waals surface area (Å²) in [5.74, 6) is 1.02. The van der Waals surface area contributed by atoms with Crippen molar-refractivity contribution in [2.45, 2.75) is 26.2 Å². The van der Waals surface area contributed by atoms with Gasteiger partial charge < -0.3 is 4.74 Å². The Morgan fingerprint density at radius 2 is 2.07 bits per heavy atom. The van der Waals surface area contributed by atoms with Gasteiger partial charge in [-0.05, 0) is 37.8 Å². The van der Waals surface area contributed by atoms with Crippen LogP contribution in [-0.2, 0) is 6.42 Å². The number of ether oxygens (including phenoxy) is 1. The lowest BCUT2D eigenvalue weighted by Crippen LogP contribution is -1.93. The van der Waals surface area contributed by atoms with Crippen LogP contribution in [-0.4, -0.2) is 12.4 Å². The molecule has 14 heavy (non-hydrogen) atoms. The third-order valence-electron chi connectivity index (χ3n) is 2.27. The standard InChI is InChI=1S/C12H17BrO/c1-10-6-7-12(14-2)11(9-10)5-3-4-8-13/h6-7,9H,3-5,8H2,1-2H3. The van der Waals surface area contributed by atoms with Gasteiger partial charge in [0.2, 0.25) is 0 Å².